The van der Waals surface area contributed by atoms with Crippen LogP contribution in [0.3, 0.4) is 0 Å². The summed E-state index contributed by atoms with van der Waals surface area (Å²) in [6, 6.07) is 14.9. The number of hydrogen-bond donors (Lipinski definition) is 0. The number of benzene rings is 2. The van der Waals surface area contributed by atoms with Gasteiger partial charge in [-0.25, -0.2) is 4.79 Å². The van der Waals surface area contributed by atoms with E-state index in [2.05, 4.69) is 0 Å². The van der Waals surface area contributed by atoms with Crippen LogP contribution in [0, 0.1) is 0 Å². The van der Waals surface area contributed by atoms with Crippen molar-refractivity contribution in [2.45, 2.75) is 26.4 Å². The van der Waals surface area contributed by atoms with E-state index >= 15 is 0 Å². The van der Waals surface area contributed by atoms with E-state index in [0.29, 0.717) is 16.5 Å². The average Bonchev–Trinajstić information content (AvgIpc) is 2.67. The summed E-state index contributed by atoms with van der Waals surface area (Å²) in [5, 5.41) is 0.379. The van der Waals surface area contributed by atoms with E-state index in [1.165, 1.54) is 6.92 Å². The number of para-hydroxylation sites is 1. The summed E-state index contributed by atoms with van der Waals surface area (Å²) in [7, 11) is 0. The number of ketones is 1. The van der Waals surface area contributed by atoms with Gasteiger partial charge in [0.2, 0.25) is 11.5 Å². The predicted molar refractivity (Wildman–Crippen MR) is 97.5 cm³/mol. The van der Waals surface area contributed by atoms with Crippen LogP contribution in [0.5, 0.6) is 0 Å². The van der Waals surface area contributed by atoms with Gasteiger partial charge in [0.1, 0.15) is 5.58 Å². The Morgan fingerprint density at radius 2 is 1.77 bits per heavy atom. The number of carbonyl (C=O) groups excluding carboxylic acids is 2. The highest BCUT2D eigenvalue weighted by atomic mass is 16.6. The van der Waals surface area contributed by atoms with Crippen molar-refractivity contribution >= 4 is 22.7 Å². The topological polar surface area (TPSA) is 73.6 Å². The second-order valence-electron chi connectivity index (χ2n) is 5.93. The molecule has 0 aliphatic heterocycles. The van der Waals surface area contributed by atoms with Crippen molar-refractivity contribution in [1.29, 1.82) is 0 Å². The summed E-state index contributed by atoms with van der Waals surface area (Å²) in [6.07, 6.45) is -0.119. The molecule has 0 aliphatic rings. The number of fused-ring (bicyclic) bond motifs is 1. The zero-order valence-electron chi connectivity index (χ0n) is 14.5. The van der Waals surface area contributed by atoms with Crippen molar-refractivity contribution in [2.24, 2.45) is 0 Å². The predicted octanol–water partition coefficient (Wildman–Crippen LogP) is 3.78. The van der Waals surface area contributed by atoms with E-state index in [9.17, 15) is 14.4 Å². The number of rotatable bonds is 5. The molecule has 0 amide bonds. The van der Waals surface area contributed by atoms with Gasteiger partial charge in [0.15, 0.2) is 11.5 Å². The van der Waals surface area contributed by atoms with Crippen molar-refractivity contribution in [3.05, 3.63) is 81.7 Å². The molecule has 5 heteroatoms. The van der Waals surface area contributed by atoms with Gasteiger partial charge < -0.3 is 9.15 Å². The lowest BCUT2D eigenvalue weighted by molar-refractivity contribution is 0.0289. The van der Waals surface area contributed by atoms with Crippen LogP contribution in [0.1, 0.15) is 40.3 Å². The van der Waals surface area contributed by atoms with Crippen molar-refractivity contribution in [3.8, 4) is 0 Å². The molecule has 0 bridgehead atoms. The van der Waals surface area contributed by atoms with Crippen molar-refractivity contribution in [2.75, 3.05) is 0 Å². The summed E-state index contributed by atoms with van der Waals surface area (Å²) < 4.78 is 10.6. The van der Waals surface area contributed by atoms with Crippen LogP contribution in [0.4, 0.5) is 0 Å². The Hall–Kier alpha value is -3.21. The molecular weight excluding hydrogens is 332 g/mol. The lowest BCUT2D eigenvalue weighted by atomic mass is 10.0. The summed E-state index contributed by atoms with van der Waals surface area (Å²) in [4.78, 5) is 36.8. The second kappa shape index (κ2) is 7.35. The summed E-state index contributed by atoms with van der Waals surface area (Å²) in [5.74, 6) is -1.39. The van der Waals surface area contributed by atoms with Crippen molar-refractivity contribution in [1.82, 2.24) is 0 Å². The van der Waals surface area contributed by atoms with Gasteiger partial charge in [-0.2, -0.15) is 0 Å². The number of carbonyl (C=O) groups is 2. The molecule has 26 heavy (non-hydrogen) atoms. The summed E-state index contributed by atoms with van der Waals surface area (Å²) >= 11 is 0. The van der Waals surface area contributed by atoms with Crippen molar-refractivity contribution < 1.29 is 18.7 Å². The Bertz CT molecular complexity index is 1010. The van der Waals surface area contributed by atoms with Gasteiger partial charge in [0.25, 0.3) is 0 Å². The van der Waals surface area contributed by atoms with E-state index in [1.54, 1.807) is 36.4 Å². The SMILES string of the molecule is CCc1ccc(C(=O)[C@H](C)OC(=O)c2cc(=O)c3ccccc3o2)cc1. The van der Waals surface area contributed by atoms with Gasteiger partial charge in [-0.1, -0.05) is 43.3 Å². The number of esters is 1. The van der Waals surface area contributed by atoms with Crippen LogP contribution in [0.25, 0.3) is 11.0 Å². The minimum Gasteiger partial charge on any atom is -0.449 e. The first-order valence-corrected chi connectivity index (χ1v) is 8.36. The fraction of sp³-hybridized carbons (Fsp3) is 0.190. The zero-order chi connectivity index (χ0) is 18.7. The number of aryl methyl sites for hydroxylation is 1. The van der Waals surface area contributed by atoms with E-state index in [-0.39, 0.29) is 17.0 Å². The third kappa shape index (κ3) is 3.57. The monoisotopic (exact) mass is 350 g/mol. The Morgan fingerprint density at radius 3 is 2.46 bits per heavy atom. The van der Waals surface area contributed by atoms with Gasteiger partial charge >= 0.3 is 5.97 Å². The maximum absolute atomic E-state index is 12.4. The van der Waals surface area contributed by atoms with Gasteiger partial charge in [0, 0.05) is 11.6 Å². The first-order valence-electron chi connectivity index (χ1n) is 8.36. The molecule has 0 fully saturated rings. The molecule has 0 aliphatic carbocycles. The Kier molecular flexibility index (Phi) is 4.98. The first kappa shape index (κ1) is 17.6. The first-order chi connectivity index (χ1) is 12.5. The maximum atomic E-state index is 12.4. The largest absolute Gasteiger partial charge is 0.449 e. The molecular formula is C21H18O5. The smallest absolute Gasteiger partial charge is 0.375 e. The molecule has 0 radical (unpaired) electrons. The number of Topliss-reactive ketones (excluding diaryl/α,β-unsaturated/α-hetero) is 1. The molecule has 0 unspecified atom stereocenters. The Labute approximate surface area is 150 Å². The molecule has 1 aromatic heterocycles. The Morgan fingerprint density at radius 1 is 1.08 bits per heavy atom. The molecule has 5 nitrogen and oxygen atoms in total. The molecule has 0 saturated heterocycles. The molecule has 132 valence electrons. The fourth-order valence-corrected chi connectivity index (χ4v) is 2.62. The molecule has 3 rings (SSSR count). The second-order valence-corrected chi connectivity index (χ2v) is 5.93. The highest BCUT2D eigenvalue weighted by Gasteiger charge is 2.22. The normalized spacial score (nSPS) is 11.9. The van der Waals surface area contributed by atoms with Crippen molar-refractivity contribution in [3.63, 3.8) is 0 Å². The van der Waals surface area contributed by atoms with Gasteiger partial charge in [-0.15, -0.1) is 0 Å². The molecule has 0 spiro atoms. The van der Waals surface area contributed by atoms with Crippen LogP contribution in [-0.4, -0.2) is 17.9 Å². The van der Waals surface area contributed by atoms with Crippen LogP contribution < -0.4 is 5.43 Å². The van der Waals surface area contributed by atoms with E-state index < -0.39 is 12.1 Å². The van der Waals surface area contributed by atoms with Crippen LogP contribution in [-0.2, 0) is 11.2 Å². The lowest BCUT2D eigenvalue weighted by Gasteiger charge is -2.12. The van der Waals surface area contributed by atoms with E-state index in [4.69, 9.17) is 9.15 Å². The summed E-state index contributed by atoms with van der Waals surface area (Å²) in [5.41, 5.74) is 1.53. The highest BCUT2D eigenvalue weighted by molar-refractivity contribution is 6.01. The number of ether oxygens (including phenoxy) is 1. The molecule has 0 N–H and O–H groups in total. The molecule has 1 atom stereocenters. The third-order valence-corrected chi connectivity index (χ3v) is 4.14. The molecule has 2 aromatic carbocycles. The van der Waals surface area contributed by atoms with E-state index in [0.717, 1.165) is 18.1 Å². The van der Waals surface area contributed by atoms with Crippen LogP contribution >= 0.6 is 0 Å². The average molecular weight is 350 g/mol. The van der Waals surface area contributed by atoms with E-state index in [1.807, 2.05) is 19.1 Å². The molecule has 1 heterocycles. The lowest BCUT2D eigenvalue weighted by Crippen LogP contribution is -2.25. The molecule has 0 saturated carbocycles. The zero-order valence-corrected chi connectivity index (χ0v) is 14.5. The van der Waals surface area contributed by atoms with Gasteiger partial charge in [-0.3, -0.25) is 9.59 Å². The Balaban J connectivity index is 1.78. The number of hydrogen-bond acceptors (Lipinski definition) is 5. The minimum absolute atomic E-state index is 0.227. The van der Waals surface area contributed by atoms with Gasteiger partial charge in [-0.05, 0) is 31.0 Å². The quantitative estimate of drug-likeness (QED) is 0.517. The van der Waals surface area contributed by atoms with Gasteiger partial charge in [0.05, 0.1) is 5.39 Å². The summed E-state index contributed by atoms with van der Waals surface area (Å²) in [6.45, 7) is 3.52. The third-order valence-electron chi connectivity index (χ3n) is 4.14. The fourth-order valence-electron chi connectivity index (χ4n) is 2.62. The maximum Gasteiger partial charge on any atom is 0.375 e. The van der Waals surface area contributed by atoms with Crippen LogP contribution in [0.2, 0.25) is 0 Å². The minimum atomic E-state index is -0.994. The standard InChI is InChI=1S/C21H18O5/c1-3-14-8-10-15(11-9-14)20(23)13(2)25-21(24)19-12-17(22)16-6-4-5-7-18(16)26-19/h4-13H,3H2,1-2H3/t13-/m0/s1. The van der Waals surface area contributed by atoms with Crippen LogP contribution in [0.15, 0.2) is 63.8 Å². The molecule has 3 aromatic rings. The highest BCUT2D eigenvalue weighted by Crippen LogP contribution is 2.15.